The molecule has 2 aromatic rings. The van der Waals surface area contributed by atoms with Gasteiger partial charge in [-0.1, -0.05) is 43.1 Å². The topological polar surface area (TPSA) is 42.0 Å². The number of hydrogen-bond donors (Lipinski definition) is 1. The number of aromatic nitrogens is 1. The number of hydrogen-bond acceptors (Lipinski definition) is 3. The van der Waals surface area contributed by atoms with E-state index in [1.165, 1.54) is 11.3 Å². The average molecular weight is 315 g/mol. The molecule has 6 heteroatoms. The van der Waals surface area contributed by atoms with Crippen LogP contribution >= 0.6 is 34.5 Å². The van der Waals surface area contributed by atoms with Crippen molar-refractivity contribution in [3.05, 3.63) is 44.9 Å². The van der Waals surface area contributed by atoms with E-state index >= 15 is 0 Å². The summed E-state index contributed by atoms with van der Waals surface area (Å²) in [4.78, 5) is 17.4. The Kier molecular flexibility index (Phi) is 4.45. The summed E-state index contributed by atoms with van der Waals surface area (Å²) in [6.07, 6.45) is 1.77. The minimum Gasteiger partial charge on any atom is -0.298 e. The molecule has 1 amide bonds. The van der Waals surface area contributed by atoms with E-state index < -0.39 is 0 Å². The first-order valence-electron chi connectivity index (χ1n) is 5.70. The highest BCUT2D eigenvalue weighted by molar-refractivity contribution is 7.15. The lowest BCUT2D eigenvalue weighted by molar-refractivity contribution is 0.102. The molecular formula is C13H12Cl2N2OS. The Labute approximate surface area is 125 Å². The van der Waals surface area contributed by atoms with E-state index in [1.54, 1.807) is 24.4 Å². The lowest BCUT2D eigenvalue weighted by atomic mass is 10.2. The fourth-order valence-electron chi connectivity index (χ4n) is 1.45. The summed E-state index contributed by atoms with van der Waals surface area (Å²) in [5.74, 6) is 0.0788. The van der Waals surface area contributed by atoms with Crippen LogP contribution < -0.4 is 5.32 Å². The molecule has 0 aliphatic heterocycles. The molecular weight excluding hydrogens is 303 g/mol. The molecule has 2 rings (SSSR count). The highest BCUT2D eigenvalue weighted by atomic mass is 35.5. The largest absolute Gasteiger partial charge is 0.298 e. The summed E-state index contributed by atoms with van der Waals surface area (Å²) < 4.78 is 0. The molecule has 0 fully saturated rings. The molecule has 19 heavy (non-hydrogen) atoms. The van der Waals surface area contributed by atoms with Crippen molar-refractivity contribution in [2.45, 2.75) is 19.8 Å². The Morgan fingerprint density at radius 3 is 2.74 bits per heavy atom. The fraction of sp³-hybridized carbons (Fsp3) is 0.231. The highest BCUT2D eigenvalue weighted by Crippen LogP contribution is 2.28. The molecule has 0 spiro atoms. The number of benzene rings is 1. The van der Waals surface area contributed by atoms with Crippen molar-refractivity contribution in [1.82, 2.24) is 4.98 Å². The number of carbonyl (C=O) groups excluding carboxylic acids is 1. The fourth-order valence-corrected chi connectivity index (χ4v) is 2.65. The lowest BCUT2D eigenvalue weighted by Gasteiger charge is -2.05. The van der Waals surface area contributed by atoms with Gasteiger partial charge in [0.2, 0.25) is 0 Å². The molecule has 0 bridgehead atoms. The van der Waals surface area contributed by atoms with Gasteiger partial charge in [-0.05, 0) is 18.1 Å². The molecule has 0 unspecified atom stereocenters. The average Bonchev–Trinajstić information content (AvgIpc) is 2.81. The number of nitrogens with one attached hydrogen (secondary N) is 1. The predicted molar refractivity (Wildman–Crippen MR) is 80.6 cm³/mol. The van der Waals surface area contributed by atoms with E-state index in [9.17, 15) is 4.79 Å². The second kappa shape index (κ2) is 5.90. The van der Waals surface area contributed by atoms with Gasteiger partial charge in [0.15, 0.2) is 5.13 Å². The number of thiazole rings is 1. The molecule has 1 aromatic heterocycles. The molecule has 0 aliphatic carbocycles. The van der Waals surface area contributed by atoms with Gasteiger partial charge in [-0.2, -0.15) is 0 Å². The maximum Gasteiger partial charge on any atom is 0.259 e. The normalized spacial score (nSPS) is 10.8. The first-order valence-corrected chi connectivity index (χ1v) is 7.27. The Hall–Kier alpha value is -1.10. The van der Waals surface area contributed by atoms with Gasteiger partial charge in [-0.15, -0.1) is 11.3 Å². The quantitative estimate of drug-likeness (QED) is 0.882. The zero-order valence-electron chi connectivity index (χ0n) is 10.4. The van der Waals surface area contributed by atoms with Gasteiger partial charge in [0.05, 0.1) is 15.6 Å². The number of anilines is 1. The molecule has 0 radical (unpaired) electrons. The second-order valence-electron chi connectivity index (χ2n) is 4.28. The second-order valence-corrected chi connectivity index (χ2v) is 6.13. The van der Waals surface area contributed by atoms with Crippen molar-refractivity contribution in [3.63, 3.8) is 0 Å². The van der Waals surface area contributed by atoms with E-state index in [1.807, 2.05) is 0 Å². The van der Waals surface area contributed by atoms with Crippen molar-refractivity contribution in [3.8, 4) is 0 Å². The van der Waals surface area contributed by atoms with Crippen molar-refractivity contribution >= 4 is 45.6 Å². The van der Waals surface area contributed by atoms with Crippen molar-refractivity contribution in [2.24, 2.45) is 0 Å². The summed E-state index contributed by atoms with van der Waals surface area (Å²) in [6, 6.07) is 4.95. The first-order chi connectivity index (χ1) is 8.99. The Balaban J connectivity index is 2.18. The molecule has 3 nitrogen and oxygen atoms in total. The summed E-state index contributed by atoms with van der Waals surface area (Å²) in [6.45, 7) is 4.15. The predicted octanol–water partition coefficient (Wildman–Crippen LogP) is 4.83. The zero-order valence-corrected chi connectivity index (χ0v) is 12.7. The number of carbonyl (C=O) groups is 1. The maximum atomic E-state index is 12.1. The van der Waals surface area contributed by atoms with Crippen LogP contribution in [0.2, 0.25) is 10.0 Å². The minimum absolute atomic E-state index is 0.252. The summed E-state index contributed by atoms with van der Waals surface area (Å²) in [7, 11) is 0. The third-order valence-electron chi connectivity index (χ3n) is 2.51. The van der Waals surface area contributed by atoms with Crippen LogP contribution in [-0.4, -0.2) is 10.9 Å². The number of halogens is 2. The van der Waals surface area contributed by atoms with Crippen LogP contribution in [0.3, 0.4) is 0 Å². The first kappa shape index (κ1) is 14.3. The summed E-state index contributed by atoms with van der Waals surface area (Å²) in [5.41, 5.74) is 0.343. The standard InChI is InChI=1S/C13H12Cl2N2OS/c1-7(2)10-6-16-13(19-10)17-12(18)8-4-3-5-9(14)11(8)15/h3-7H,1-2H3,(H,16,17,18). The highest BCUT2D eigenvalue weighted by Gasteiger charge is 2.14. The van der Waals surface area contributed by atoms with Gasteiger partial charge in [0, 0.05) is 11.1 Å². The number of nitrogens with zero attached hydrogens (tertiary/aromatic N) is 1. The molecule has 100 valence electrons. The van der Waals surface area contributed by atoms with Gasteiger partial charge in [0.25, 0.3) is 5.91 Å². The molecule has 0 atom stereocenters. The SMILES string of the molecule is CC(C)c1cnc(NC(=O)c2cccc(Cl)c2Cl)s1. The smallest absolute Gasteiger partial charge is 0.259 e. The van der Waals surface area contributed by atoms with Crippen LogP contribution in [-0.2, 0) is 0 Å². The molecule has 1 aromatic carbocycles. The van der Waals surface area contributed by atoms with Crippen molar-refractivity contribution < 1.29 is 4.79 Å². The van der Waals surface area contributed by atoms with Gasteiger partial charge in [-0.3, -0.25) is 10.1 Å². The van der Waals surface area contributed by atoms with Gasteiger partial charge < -0.3 is 0 Å². The third kappa shape index (κ3) is 3.26. The Morgan fingerprint density at radius 1 is 1.37 bits per heavy atom. The van der Waals surface area contributed by atoms with E-state index in [0.29, 0.717) is 21.6 Å². The minimum atomic E-state index is -0.308. The van der Waals surface area contributed by atoms with E-state index in [4.69, 9.17) is 23.2 Å². The Bertz CT molecular complexity index is 610. The molecule has 0 saturated carbocycles. The van der Waals surface area contributed by atoms with E-state index in [-0.39, 0.29) is 10.9 Å². The van der Waals surface area contributed by atoms with Gasteiger partial charge in [0.1, 0.15) is 0 Å². The zero-order chi connectivity index (χ0) is 14.0. The van der Waals surface area contributed by atoms with Gasteiger partial charge in [-0.25, -0.2) is 4.98 Å². The lowest BCUT2D eigenvalue weighted by Crippen LogP contribution is -2.12. The van der Waals surface area contributed by atoms with E-state index in [2.05, 4.69) is 24.1 Å². The molecule has 1 heterocycles. The van der Waals surface area contributed by atoms with Crippen LogP contribution in [0.25, 0.3) is 0 Å². The van der Waals surface area contributed by atoms with E-state index in [0.717, 1.165) is 4.88 Å². The van der Waals surface area contributed by atoms with Crippen molar-refractivity contribution in [2.75, 3.05) is 5.32 Å². The maximum absolute atomic E-state index is 12.1. The number of amides is 1. The molecule has 0 aliphatic rings. The van der Waals surface area contributed by atoms with Crippen LogP contribution in [0.5, 0.6) is 0 Å². The van der Waals surface area contributed by atoms with Gasteiger partial charge >= 0.3 is 0 Å². The van der Waals surface area contributed by atoms with Crippen molar-refractivity contribution in [1.29, 1.82) is 0 Å². The summed E-state index contributed by atoms with van der Waals surface area (Å²) in [5, 5.41) is 3.90. The Morgan fingerprint density at radius 2 is 2.11 bits per heavy atom. The van der Waals surface area contributed by atoms with Crippen LogP contribution in [0.4, 0.5) is 5.13 Å². The molecule has 0 saturated heterocycles. The summed E-state index contributed by atoms with van der Waals surface area (Å²) >= 11 is 13.3. The third-order valence-corrected chi connectivity index (χ3v) is 4.54. The molecule has 1 N–H and O–H groups in total. The van der Waals surface area contributed by atoms with Crippen LogP contribution in [0, 0.1) is 0 Å². The monoisotopic (exact) mass is 314 g/mol. The number of rotatable bonds is 3. The van der Waals surface area contributed by atoms with Crippen LogP contribution in [0.15, 0.2) is 24.4 Å². The van der Waals surface area contributed by atoms with Crippen LogP contribution in [0.1, 0.15) is 35.0 Å².